The van der Waals surface area contributed by atoms with Crippen LogP contribution in [0.15, 0.2) is 11.6 Å². The normalized spacial score (nSPS) is 45.7. The molecule has 2 N–H and O–H groups in total. The fourth-order valence-corrected chi connectivity index (χ4v) is 8.68. The Bertz CT molecular complexity index is 660. The molecule has 3 fully saturated rings. The molecule has 4 aliphatic rings. The fourth-order valence-electron chi connectivity index (χ4n) is 8.68. The molecule has 30 heavy (non-hydrogen) atoms. The van der Waals surface area contributed by atoms with Crippen LogP contribution in [0.5, 0.6) is 0 Å². The third-order valence-corrected chi connectivity index (χ3v) is 11.1. The molecule has 0 bridgehead atoms. The Kier molecular flexibility index (Phi) is 6.02. The van der Waals surface area contributed by atoms with Gasteiger partial charge in [-0.2, -0.15) is 0 Å². The van der Waals surface area contributed by atoms with Crippen molar-refractivity contribution in [1.29, 1.82) is 0 Å². The third kappa shape index (κ3) is 3.72. The Morgan fingerprint density at radius 3 is 2.47 bits per heavy atom. The van der Waals surface area contributed by atoms with Gasteiger partial charge in [-0.25, -0.2) is 0 Å². The summed E-state index contributed by atoms with van der Waals surface area (Å²) < 4.78 is 0. The van der Waals surface area contributed by atoms with Gasteiger partial charge >= 0.3 is 0 Å². The number of allylic oxidation sites excluding steroid dienone is 1. The van der Waals surface area contributed by atoms with Crippen molar-refractivity contribution in [1.82, 2.24) is 0 Å². The highest BCUT2D eigenvalue weighted by atomic mass is 16.3. The monoisotopic (exact) mass is 416 g/mol. The Hall–Kier alpha value is -0.340. The third-order valence-electron chi connectivity index (χ3n) is 11.1. The number of fused-ring (bicyclic) bond motifs is 5. The van der Waals surface area contributed by atoms with E-state index in [0.717, 1.165) is 48.9 Å². The highest BCUT2D eigenvalue weighted by molar-refractivity contribution is 5.25. The van der Waals surface area contributed by atoms with E-state index in [0.29, 0.717) is 16.7 Å². The molecule has 172 valence electrons. The number of aliphatic hydroxyl groups excluding tert-OH is 1. The van der Waals surface area contributed by atoms with Crippen LogP contribution in [0.25, 0.3) is 0 Å². The highest BCUT2D eigenvalue weighted by Crippen LogP contribution is 2.67. The highest BCUT2D eigenvalue weighted by Gasteiger charge is 2.59. The summed E-state index contributed by atoms with van der Waals surface area (Å²) in [6.07, 6.45) is 14.9. The van der Waals surface area contributed by atoms with Crippen molar-refractivity contribution in [2.24, 2.45) is 46.3 Å². The largest absolute Gasteiger partial charge is 0.393 e. The number of hydrogen-bond donors (Lipinski definition) is 2. The molecule has 0 aromatic rings. The molecular weight excluding hydrogens is 368 g/mol. The van der Waals surface area contributed by atoms with Crippen molar-refractivity contribution in [3.63, 3.8) is 0 Å². The van der Waals surface area contributed by atoms with E-state index in [1.54, 1.807) is 5.57 Å². The van der Waals surface area contributed by atoms with Crippen LogP contribution in [0.4, 0.5) is 0 Å². The van der Waals surface area contributed by atoms with Gasteiger partial charge in [0.15, 0.2) is 0 Å². The van der Waals surface area contributed by atoms with Crippen molar-refractivity contribution < 1.29 is 10.2 Å². The first-order valence-electron chi connectivity index (χ1n) is 13.1. The van der Waals surface area contributed by atoms with Gasteiger partial charge < -0.3 is 10.2 Å². The Labute approximate surface area is 185 Å². The van der Waals surface area contributed by atoms with E-state index < -0.39 is 5.60 Å². The second-order valence-corrected chi connectivity index (χ2v) is 13.0. The summed E-state index contributed by atoms with van der Waals surface area (Å²) in [5, 5.41) is 20.6. The molecule has 0 heterocycles. The lowest BCUT2D eigenvalue weighted by molar-refractivity contribution is -0.0581. The summed E-state index contributed by atoms with van der Waals surface area (Å²) in [5.41, 5.74) is 1.90. The first kappa shape index (κ1) is 22.8. The van der Waals surface area contributed by atoms with Crippen molar-refractivity contribution >= 4 is 0 Å². The van der Waals surface area contributed by atoms with E-state index in [2.05, 4.69) is 33.8 Å². The van der Waals surface area contributed by atoms with Gasteiger partial charge in [0.25, 0.3) is 0 Å². The molecule has 0 aromatic heterocycles. The van der Waals surface area contributed by atoms with Crippen LogP contribution in [0.1, 0.15) is 106 Å². The number of aliphatic hydroxyl groups is 2. The van der Waals surface area contributed by atoms with E-state index in [1.807, 2.05) is 13.8 Å². The maximum absolute atomic E-state index is 10.3. The molecule has 0 spiro atoms. The van der Waals surface area contributed by atoms with Gasteiger partial charge in [0, 0.05) is 0 Å². The molecular formula is C28H48O2. The van der Waals surface area contributed by atoms with E-state index in [4.69, 9.17) is 0 Å². The van der Waals surface area contributed by atoms with Gasteiger partial charge in [0.05, 0.1) is 11.7 Å². The second-order valence-electron chi connectivity index (χ2n) is 13.0. The Morgan fingerprint density at radius 1 is 1.03 bits per heavy atom. The summed E-state index contributed by atoms with van der Waals surface area (Å²) in [6.45, 7) is 13.8. The lowest BCUT2D eigenvalue weighted by Crippen LogP contribution is -2.50. The predicted molar refractivity (Wildman–Crippen MR) is 125 cm³/mol. The van der Waals surface area contributed by atoms with Crippen LogP contribution in [0.3, 0.4) is 0 Å². The molecule has 4 aliphatic carbocycles. The van der Waals surface area contributed by atoms with Gasteiger partial charge in [0.2, 0.25) is 0 Å². The standard InChI is InChI=1S/C28H48O2/c1-18(7-8-19(2)26(3,4)30)23-11-12-24-22-10-9-20-17-21(29)13-15-27(20,5)25(22)14-16-28(23,24)6/h9,18-19,21-25,29-30H,7-8,10-17H2,1-6H3/t18?,19?,21?,22-,23+,24-,25-,27-,28+/m0/s1. The first-order valence-corrected chi connectivity index (χ1v) is 13.1. The lowest BCUT2D eigenvalue weighted by atomic mass is 9.47. The molecule has 3 unspecified atom stereocenters. The Balaban J connectivity index is 1.47. The van der Waals surface area contributed by atoms with Crippen LogP contribution >= 0.6 is 0 Å². The van der Waals surface area contributed by atoms with Gasteiger partial charge in [-0.3, -0.25) is 0 Å². The number of rotatable bonds is 5. The molecule has 2 heteroatoms. The average molecular weight is 417 g/mol. The second kappa shape index (κ2) is 7.91. The molecule has 0 aromatic carbocycles. The van der Waals surface area contributed by atoms with Crippen LogP contribution in [0.2, 0.25) is 0 Å². The molecule has 0 aliphatic heterocycles. The smallest absolute Gasteiger partial charge is 0.0617 e. The maximum Gasteiger partial charge on any atom is 0.0617 e. The molecule has 0 amide bonds. The van der Waals surface area contributed by atoms with E-state index >= 15 is 0 Å². The summed E-state index contributed by atoms with van der Waals surface area (Å²) in [7, 11) is 0. The predicted octanol–water partition coefficient (Wildman–Crippen LogP) is 6.75. The van der Waals surface area contributed by atoms with Gasteiger partial charge in [-0.1, -0.05) is 45.8 Å². The molecule has 3 saturated carbocycles. The topological polar surface area (TPSA) is 40.5 Å². The zero-order valence-corrected chi connectivity index (χ0v) is 20.6. The van der Waals surface area contributed by atoms with Gasteiger partial charge in [-0.15, -0.1) is 0 Å². The maximum atomic E-state index is 10.3. The first-order chi connectivity index (χ1) is 14.0. The molecule has 9 atom stereocenters. The van der Waals surface area contributed by atoms with Crippen LogP contribution in [0, 0.1) is 46.3 Å². The summed E-state index contributed by atoms with van der Waals surface area (Å²) in [4.78, 5) is 0. The summed E-state index contributed by atoms with van der Waals surface area (Å²) >= 11 is 0. The minimum atomic E-state index is -0.560. The molecule has 4 rings (SSSR count). The number of hydrogen-bond acceptors (Lipinski definition) is 2. The van der Waals surface area contributed by atoms with E-state index in [-0.39, 0.29) is 6.10 Å². The van der Waals surface area contributed by atoms with Crippen LogP contribution in [-0.2, 0) is 0 Å². The average Bonchev–Trinajstić information content (AvgIpc) is 3.03. The fraction of sp³-hybridized carbons (Fsp3) is 0.929. The molecule has 0 radical (unpaired) electrons. The zero-order chi connectivity index (χ0) is 21.9. The molecule has 2 nitrogen and oxygen atoms in total. The van der Waals surface area contributed by atoms with Crippen LogP contribution < -0.4 is 0 Å². The summed E-state index contributed by atoms with van der Waals surface area (Å²) in [6, 6.07) is 0. The summed E-state index contributed by atoms with van der Waals surface area (Å²) in [5.74, 6) is 4.56. The zero-order valence-electron chi connectivity index (χ0n) is 20.6. The lowest BCUT2D eigenvalue weighted by Gasteiger charge is -2.58. The van der Waals surface area contributed by atoms with Crippen molar-refractivity contribution in [3.05, 3.63) is 11.6 Å². The minimum absolute atomic E-state index is 0.0993. The van der Waals surface area contributed by atoms with Gasteiger partial charge in [-0.05, 0) is 118 Å². The minimum Gasteiger partial charge on any atom is -0.393 e. The van der Waals surface area contributed by atoms with Crippen molar-refractivity contribution in [2.75, 3.05) is 0 Å². The van der Waals surface area contributed by atoms with Crippen molar-refractivity contribution in [3.8, 4) is 0 Å². The van der Waals surface area contributed by atoms with E-state index in [9.17, 15) is 10.2 Å². The van der Waals surface area contributed by atoms with Crippen molar-refractivity contribution in [2.45, 2.75) is 117 Å². The quantitative estimate of drug-likeness (QED) is 0.487. The Morgan fingerprint density at radius 2 is 1.77 bits per heavy atom. The molecule has 0 saturated heterocycles. The SMILES string of the molecule is CC(CCC(C)C(C)(C)O)[C@H]1CC[C@H]2[C@@H]3CC=C4CC(O)CC[C@]4(C)[C@H]3CC[C@]12C. The van der Waals surface area contributed by atoms with E-state index in [1.165, 1.54) is 44.9 Å². The van der Waals surface area contributed by atoms with Crippen LogP contribution in [-0.4, -0.2) is 21.9 Å². The van der Waals surface area contributed by atoms with Gasteiger partial charge in [0.1, 0.15) is 0 Å².